The van der Waals surface area contributed by atoms with Crippen LogP contribution in [0.3, 0.4) is 0 Å². The molecule has 0 aliphatic rings. The molecule has 0 aliphatic carbocycles. The summed E-state index contributed by atoms with van der Waals surface area (Å²) in [6, 6.07) is 3.00. The zero-order valence-corrected chi connectivity index (χ0v) is 7.61. The average molecular weight is 188 g/mol. The van der Waals surface area contributed by atoms with E-state index < -0.39 is 16.9 Å². The molecule has 12 heavy (non-hydrogen) atoms. The molecule has 1 N–H and O–H groups in total. The van der Waals surface area contributed by atoms with Crippen molar-refractivity contribution in [1.29, 1.82) is 0 Å². The van der Waals surface area contributed by atoms with E-state index in [9.17, 15) is 8.60 Å². The summed E-state index contributed by atoms with van der Waals surface area (Å²) >= 11 is -2.24. The van der Waals surface area contributed by atoms with Crippen molar-refractivity contribution in [2.45, 2.75) is 18.7 Å². The molecule has 0 spiro atoms. The summed E-state index contributed by atoms with van der Waals surface area (Å²) in [7, 11) is 0. The van der Waals surface area contributed by atoms with Crippen molar-refractivity contribution in [1.82, 2.24) is 0 Å². The van der Waals surface area contributed by atoms with Crippen LogP contribution in [0.15, 0.2) is 17.0 Å². The van der Waals surface area contributed by atoms with Gasteiger partial charge >= 0.3 is 0 Å². The van der Waals surface area contributed by atoms with E-state index in [2.05, 4.69) is 0 Å². The minimum Gasteiger partial charge on any atom is -0.302 e. The van der Waals surface area contributed by atoms with Gasteiger partial charge in [0.05, 0.1) is 0 Å². The van der Waals surface area contributed by atoms with Crippen LogP contribution in [0.2, 0.25) is 0 Å². The van der Waals surface area contributed by atoms with Gasteiger partial charge in [-0.05, 0) is 31.0 Å². The van der Waals surface area contributed by atoms with Gasteiger partial charge in [0, 0.05) is 0 Å². The zero-order valence-electron chi connectivity index (χ0n) is 6.80. The van der Waals surface area contributed by atoms with Crippen LogP contribution < -0.4 is 0 Å². The molecule has 0 aromatic heterocycles. The number of aryl methyl sites for hydroxylation is 2. The third-order valence-corrected chi connectivity index (χ3v) is 2.23. The molecule has 1 aromatic rings. The Morgan fingerprint density at radius 1 is 1.42 bits per heavy atom. The molecule has 0 radical (unpaired) electrons. The van der Waals surface area contributed by atoms with Gasteiger partial charge in [0.1, 0.15) is 10.7 Å². The summed E-state index contributed by atoms with van der Waals surface area (Å²) in [5.41, 5.74) is 1.18. The van der Waals surface area contributed by atoms with E-state index in [0.717, 1.165) is 5.56 Å². The maximum Gasteiger partial charge on any atom is 0.189 e. The fourth-order valence-electron chi connectivity index (χ4n) is 1.04. The predicted molar refractivity (Wildman–Crippen MR) is 44.9 cm³/mol. The second kappa shape index (κ2) is 3.33. The number of benzene rings is 1. The number of halogens is 1. The van der Waals surface area contributed by atoms with Crippen LogP contribution in [0.25, 0.3) is 0 Å². The molecule has 4 heteroatoms. The van der Waals surface area contributed by atoms with Crippen molar-refractivity contribution in [2.24, 2.45) is 0 Å². The summed E-state index contributed by atoms with van der Waals surface area (Å²) in [6.07, 6.45) is 0. The van der Waals surface area contributed by atoms with E-state index in [0.29, 0.717) is 5.56 Å². The molecule has 1 rings (SSSR count). The molecule has 0 heterocycles. The lowest BCUT2D eigenvalue weighted by molar-refractivity contribution is 0.541. The van der Waals surface area contributed by atoms with Gasteiger partial charge in [-0.2, -0.15) is 0 Å². The molecule has 0 bridgehead atoms. The molecule has 0 saturated carbocycles. The van der Waals surface area contributed by atoms with Crippen LogP contribution in [0.4, 0.5) is 4.39 Å². The summed E-state index contributed by atoms with van der Waals surface area (Å²) in [4.78, 5) is -0.146. The quantitative estimate of drug-likeness (QED) is 0.684. The summed E-state index contributed by atoms with van der Waals surface area (Å²) in [6.45, 7) is 3.32. The fraction of sp³-hybridized carbons (Fsp3) is 0.250. The lowest BCUT2D eigenvalue weighted by Gasteiger charge is -2.02. The average Bonchev–Trinajstić information content (AvgIpc) is 1.96. The van der Waals surface area contributed by atoms with Gasteiger partial charge < -0.3 is 4.55 Å². The van der Waals surface area contributed by atoms with Crippen molar-refractivity contribution >= 4 is 11.1 Å². The van der Waals surface area contributed by atoms with E-state index in [1.54, 1.807) is 19.9 Å². The highest BCUT2D eigenvalue weighted by Gasteiger charge is 2.10. The number of hydrogen-bond donors (Lipinski definition) is 1. The first-order chi connectivity index (χ1) is 5.52. The van der Waals surface area contributed by atoms with Gasteiger partial charge in [0.25, 0.3) is 0 Å². The minimum atomic E-state index is -2.24. The maximum absolute atomic E-state index is 13.1. The van der Waals surface area contributed by atoms with Gasteiger partial charge in [0.15, 0.2) is 11.1 Å². The van der Waals surface area contributed by atoms with E-state index in [-0.39, 0.29) is 4.90 Å². The second-order valence-corrected chi connectivity index (χ2v) is 3.58. The summed E-state index contributed by atoms with van der Waals surface area (Å²) in [5.74, 6) is -0.596. The largest absolute Gasteiger partial charge is 0.302 e. The lowest BCUT2D eigenvalue weighted by Crippen LogP contribution is -1.96. The van der Waals surface area contributed by atoms with Crippen molar-refractivity contribution in [3.8, 4) is 0 Å². The monoisotopic (exact) mass is 188 g/mol. The molecule has 0 amide bonds. The van der Waals surface area contributed by atoms with Crippen molar-refractivity contribution in [3.63, 3.8) is 0 Å². The lowest BCUT2D eigenvalue weighted by atomic mass is 10.1. The normalized spacial score (nSPS) is 13.0. The molecule has 2 nitrogen and oxygen atoms in total. The van der Waals surface area contributed by atoms with Crippen LogP contribution in [0, 0.1) is 19.7 Å². The molecule has 1 aromatic carbocycles. The van der Waals surface area contributed by atoms with Gasteiger partial charge in [-0.25, -0.2) is 8.60 Å². The molecule has 0 saturated heterocycles. The number of hydrogen-bond acceptors (Lipinski definition) is 1. The maximum atomic E-state index is 13.1. The highest BCUT2D eigenvalue weighted by Crippen LogP contribution is 2.17. The van der Waals surface area contributed by atoms with Gasteiger partial charge in [-0.3, -0.25) is 0 Å². The SMILES string of the molecule is Cc1cc(C)c(F)c(S(=O)O)c1. The van der Waals surface area contributed by atoms with E-state index in [4.69, 9.17) is 4.55 Å². The molecule has 0 fully saturated rings. The van der Waals surface area contributed by atoms with Crippen molar-refractivity contribution in [3.05, 3.63) is 29.1 Å². The Morgan fingerprint density at radius 3 is 2.50 bits per heavy atom. The minimum absolute atomic E-state index is 0.146. The Morgan fingerprint density at radius 2 is 2.00 bits per heavy atom. The van der Waals surface area contributed by atoms with Crippen LogP contribution in [-0.4, -0.2) is 8.76 Å². The molecule has 66 valence electrons. The first-order valence-electron chi connectivity index (χ1n) is 3.40. The van der Waals surface area contributed by atoms with Crippen molar-refractivity contribution < 1.29 is 13.2 Å². The fourth-order valence-corrected chi connectivity index (χ4v) is 1.64. The predicted octanol–water partition coefficient (Wildman–Crippen LogP) is 2.02. The van der Waals surface area contributed by atoms with Gasteiger partial charge in [-0.15, -0.1) is 0 Å². The number of rotatable bonds is 1. The molecule has 1 atom stereocenters. The van der Waals surface area contributed by atoms with Crippen LogP contribution in [0.5, 0.6) is 0 Å². The Bertz CT molecular complexity index is 336. The topological polar surface area (TPSA) is 37.3 Å². The molecular formula is C8H9FO2S. The van der Waals surface area contributed by atoms with Gasteiger partial charge in [-0.1, -0.05) is 6.07 Å². The van der Waals surface area contributed by atoms with E-state index >= 15 is 0 Å². The smallest absolute Gasteiger partial charge is 0.189 e. The first kappa shape index (κ1) is 9.35. The van der Waals surface area contributed by atoms with Crippen LogP contribution in [0.1, 0.15) is 11.1 Å². The van der Waals surface area contributed by atoms with Crippen LogP contribution >= 0.6 is 0 Å². The highest BCUT2D eigenvalue weighted by molar-refractivity contribution is 7.79. The standard InChI is InChI=1S/C8H9FO2S/c1-5-3-6(2)8(9)7(4-5)12(10)11/h3-4H,1-2H3,(H,10,11). The van der Waals surface area contributed by atoms with E-state index in [1.165, 1.54) is 6.07 Å². The Balaban J connectivity index is 3.37. The van der Waals surface area contributed by atoms with Gasteiger partial charge in [0.2, 0.25) is 0 Å². The Labute approximate surface area is 72.7 Å². The Hall–Kier alpha value is -0.740. The third-order valence-electron chi connectivity index (χ3n) is 1.55. The summed E-state index contributed by atoms with van der Waals surface area (Å²) in [5, 5.41) is 0. The first-order valence-corrected chi connectivity index (χ1v) is 4.50. The highest BCUT2D eigenvalue weighted by atomic mass is 32.2. The second-order valence-electron chi connectivity index (χ2n) is 2.64. The molecule has 1 unspecified atom stereocenters. The molecule has 0 aliphatic heterocycles. The van der Waals surface area contributed by atoms with Crippen molar-refractivity contribution in [2.75, 3.05) is 0 Å². The third kappa shape index (κ3) is 1.70. The zero-order chi connectivity index (χ0) is 9.30. The summed E-state index contributed by atoms with van der Waals surface area (Å²) < 4.78 is 32.4. The van der Waals surface area contributed by atoms with E-state index in [1.807, 2.05) is 0 Å². The molecular weight excluding hydrogens is 179 g/mol. The van der Waals surface area contributed by atoms with Crippen LogP contribution in [-0.2, 0) is 11.1 Å². The Kier molecular flexibility index (Phi) is 2.59.